The maximum absolute atomic E-state index is 13.4. The highest BCUT2D eigenvalue weighted by Gasteiger charge is 2.46. The summed E-state index contributed by atoms with van der Waals surface area (Å²) in [5.41, 5.74) is 2.54. The second-order valence-electron chi connectivity index (χ2n) is 8.89. The summed E-state index contributed by atoms with van der Waals surface area (Å²) in [6.07, 6.45) is 3.23. The van der Waals surface area contributed by atoms with Crippen molar-refractivity contribution >= 4 is 40.7 Å². The van der Waals surface area contributed by atoms with Crippen LogP contribution in [0, 0.1) is 0 Å². The Morgan fingerprint density at radius 3 is 2.22 bits per heavy atom. The van der Waals surface area contributed by atoms with Crippen molar-refractivity contribution in [3.63, 3.8) is 0 Å². The number of aliphatic hydroxyl groups is 1. The topological polar surface area (TPSA) is 89.0 Å². The largest absolute Gasteiger partial charge is 0.507 e. The molecule has 1 amide bonds. The number of aromatic nitrogens is 1. The fraction of sp³-hybridized carbons (Fsp3) is 0.250. The Kier molecular flexibility index (Phi) is 7.76. The van der Waals surface area contributed by atoms with Gasteiger partial charge < -0.3 is 19.5 Å². The number of pyridine rings is 1. The smallest absolute Gasteiger partial charge is 0.295 e. The van der Waals surface area contributed by atoms with E-state index in [2.05, 4.69) is 18.8 Å². The average molecular weight is 541 g/mol. The number of nitrogens with zero attached hydrogens (tertiary/aromatic N) is 2. The first kappa shape index (κ1) is 26.5. The summed E-state index contributed by atoms with van der Waals surface area (Å²) in [5.74, 6) is -1.48. The predicted molar refractivity (Wildman–Crippen MR) is 142 cm³/mol. The van der Waals surface area contributed by atoms with Crippen LogP contribution in [0.5, 0.6) is 11.5 Å². The van der Waals surface area contributed by atoms with Crippen molar-refractivity contribution in [1.82, 2.24) is 9.88 Å². The Balaban J connectivity index is 1.94. The Morgan fingerprint density at radius 2 is 1.65 bits per heavy atom. The number of carbonyl (C=O) groups excluding carboxylic acids is 2. The number of aliphatic hydroxyl groups excluding tert-OH is 1. The first-order chi connectivity index (χ1) is 17.7. The van der Waals surface area contributed by atoms with Gasteiger partial charge in [0.2, 0.25) is 0 Å². The summed E-state index contributed by atoms with van der Waals surface area (Å²) < 4.78 is 10.7. The highest BCUT2D eigenvalue weighted by molar-refractivity contribution is 6.47. The monoisotopic (exact) mass is 540 g/mol. The summed E-state index contributed by atoms with van der Waals surface area (Å²) in [6.45, 7) is 4.30. The van der Waals surface area contributed by atoms with Crippen molar-refractivity contribution in [1.29, 1.82) is 0 Å². The third kappa shape index (κ3) is 4.89. The van der Waals surface area contributed by atoms with Gasteiger partial charge in [0.05, 0.1) is 36.4 Å². The first-order valence-corrected chi connectivity index (χ1v) is 12.3. The summed E-state index contributed by atoms with van der Waals surface area (Å²) in [6, 6.07) is 11.7. The number of methoxy groups -OCH3 is 2. The molecule has 0 radical (unpaired) electrons. The van der Waals surface area contributed by atoms with Crippen LogP contribution < -0.4 is 9.47 Å². The lowest BCUT2D eigenvalue weighted by Crippen LogP contribution is -2.29. The molecular weight excluding hydrogens is 515 g/mol. The minimum absolute atomic E-state index is 0.0305. The van der Waals surface area contributed by atoms with Gasteiger partial charge in [0.25, 0.3) is 11.7 Å². The Bertz CT molecular complexity index is 1370. The van der Waals surface area contributed by atoms with Gasteiger partial charge in [0, 0.05) is 18.9 Å². The molecule has 0 saturated carbocycles. The van der Waals surface area contributed by atoms with Gasteiger partial charge in [-0.25, -0.2) is 0 Å². The van der Waals surface area contributed by atoms with Crippen LogP contribution in [-0.2, 0) is 16.1 Å². The zero-order valence-corrected chi connectivity index (χ0v) is 22.3. The van der Waals surface area contributed by atoms with Crippen LogP contribution in [0.2, 0.25) is 10.0 Å². The standard InChI is InChI=1S/C28H26Cl2N2O5/c1-15(2)17-5-7-18(8-6-17)23-21(25(34)28(35)32(23)14-16-9-11-31-12-10-16)24(33)19-13-20(29)27(37-4)22(30)26(19)36-3/h5-13,15,23,33H,14H2,1-4H3/b24-21+. The molecule has 0 aliphatic carbocycles. The number of hydrogen-bond acceptors (Lipinski definition) is 6. The van der Waals surface area contributed by atoms with Gasteiger partial charge in [-0.3, -0.25) is 14.6 Å². The number of Topliss-reactive ketones (excluding diaryl/α,β-unsaturated/α-hetero) is 1. The van der Waals surface area contributed by atoms with Crippen LogP contribution in [0.25, 0.3) is 5.76 Å². The highest BCUT2D eigenvalue weighted by atomic mass is 35.5. The van der Waals surface area contributed by atoms with E-state index in [0.29, 0.717) is 11.5 Å². The lowest BCUT2D eigenvalue weighted by Gasteiger charge is -2.26. The van der Waals surface area contributed by atoms with Crippen molar-refractivity contribution in [3.8, 4) is 11.5 Å². The molecule has 1 atom stereocenters. The fourth-order valence-corrected chi connectivity index (χ4v) is 5.12. The molecule has 1 fully saturated rings. The molecule has 0 bridgehead atoms. The van der Waals surface area contributed by atoms with E-state index in [1.165, 1.54) is 25.2 Å². The highest BCUT2D eigenvalue weighted by Crippen LogP contribution is 2.47. The van der Waals surface area contributed by atoms with E-state index >= 15 is 0 Å². The molecule has 1 aliphatic rings. The minimum Gasteiger partial charge on any atom is -0.507 e. The molecule has 9 heteroatoms. The van der Waals surface area contributed by atoms with Gasteiger partial charge in [-0.15, -0.1) is 0 Å². The number of ketones is 1. The first-order valence-electron chi connectivity index (χ1n) is 11.6. The number of amides is 1. The second-order valence-corrected chi connectivity index (χ2v) is 9.68. The molecule has 1 saturated heterocycles. The number of carbonyl (C=O) groups is 2. The van der Waals surface area contributed by atoms with Gasteiger partial charge >= 0.3 is 0 Å². The third-order valence-electron chi connectivity index (χ3n) is 6.36. The van der Waals surface area contributed by atoms with Crippen molar-refractivity contribution in [2.45, 2.75) is 32.4 Å². The molecule has 1 unspecified atom stereocenters. The number of hydrogen-bond donors (Lipinski definition) is 1. The molecule has 2 aromatic carbocycles. The second kappa shape index (κ2) is 10.8. The van der Waals surface area contributed by atoms with Crippen molar-refractivity contribution < 1.29 is 24.2 Å². The molecule has 1 aliphatic heterocycles. The van der Waals surface area contributed by atoms with Gasteiger partial charge in [-0.2, -0.15) is 0 Å². The number of likely N-dealkylation sites (tertiary alicyclic amines) is 1. The Hall–Kier alpha value is -3.55. The van der Waals surface area contributed by atoms with Crippen LogP contribution in [0.4, 0.5) is 0 Å². The van der Waals surface area contributed by atoms with E-state index < -0.39 is 23.5 Å². The summed E-state index contributed by atoms with van der Waals surface area (Å²) >= 11 is 12.8. The Labute approximate surface area is 225 Å². The molecule has 3 aromatic rings. The molecule has 1 N–H and O–H groups in total. The zero-order chi connectivity index (χ0) is 26.9. The van der Waals surface area contributed by atoms with Crippen LogP contribution in [0.1, 0.15) is 48.1 Å². The zero-order valence-electron chi connectivity index (χ0n) is 20.8. The lowest BCUT2D eigenvalue weighted by molar-refractivity contribution is -0.140. The van der Waals surface area contributed by atoms with Gasteiger partial charge in [-0.1, -0.05) is 61.3 Å². The van der Waals surface area contributed by atoms with Gasteiger partial charge in [0.1, 0.15) is 10.8 Å². The van der Waals surface area contributed by atoms with Crippen LogP contribution in [0.15, 0.2) is 60.4 Å². The minimum atomic E-state index is -0.862. The van der Waals surface area contributed by atoms with Crippen molar-refractivity contribution in [2.24, 2.45) is 0 Å². The van der Waals surface area contributed by atoms with Crippen molar-refractivity contribution in [2.75, 3.05) is 14.2 Å². The van der Waals surface area contributed by atoms with E-state index in [9.17, 15) is 14.7 Å². The molecule has 4 rings (SSSR count). The SMILES string of the molecule is COc1c(Cl)cc(/C(O)=C2\C(=O)C(=O)N(Cc3ccncc3)C2c2ccc(C(C)C)cc2)c(OC)c1Cl. The molecular formula is C28H26Cl2N2O5. The van der Waals surface area contributed by atoms with E-state index in [0.717, 1.165) is 11.1 Å². The molecule has 7 nitrogen and oxygen atoms in total. The fourth-order valence-electron chi connectivity index (χ4n) is 4.43. The summed E-state index contributed by atoms with van der Waals surface area (Å²) in [7, 11) is 2.77. The van der Waals surface area contributed by atoms with Crippen molar-refractivity contribution in [3.05, 3.63) is 92.7 Å². The molecule has 2 heterocycles. The Morgan fingerprint density at radius 1 is 1.03 bits per heavy atom. The summed E-state index contributed by atoms with van der Waals surface area (Å²) in [5, 5.41) is 11.7. The van der Waals surface area contributed by atoms with E-state index in [4.69, 9.17) is 32.7 Å². The maximum atomic E-state index is 13.4. The normalized spacial score (nSPS) is 16.9. The maximum Gasteiger partial charge on any atom is 0.295 e. The summed E-state index contributed by atoms with van der Waals surface area (Å²) in [4.78, 5) is 32.2. The van der Waals surface area contributed by atoms with Crippen LogP contribution in [0.3, 0.4) is 0 Å². The number of halogens is 2. The van der Waals surface area contributed by atoms with Gasteiger partial charge in [-0.05, 0) is 40.8 Å². The third-order valence-corrected chi connectivity index (χ3v) is 6.98. The number of ether oxygens (including phenoxy) is 2. The predicted octanol–water partition coefficient (Wildman–Crippen LogP) is 6.15. The number of benzene rings is 2. The lowest BCUT2D eigenvalue weighted by atomic mass is 9.93. The molecule has 1 aromatic heterocycles. The van der Waals surface area contributed by atoms with Crippen LogP contribution in [-0.4, -0.2) is 40.9 Å². The van der Waals surface area contributed by atoms with E-state index in [1.54, 1.807) is 24.5 Å². The van der Waals surface area contributed by atoms with Gasteiger partial charge in [0.15, 0.2) is 11.5 Å². The molecule has 0 spiro atoms. The number of rotatable bonds is 7. The molecule has 192 valence electrons. The van der Waals surface area contributed by atoms with E-state index in [1.807, 2.05) is 24.3 Å². The van der Waals surface area contributed by atoms with Crippen LogP contribution >= 0.6 is 23.2 Å². The quantitative estimate of drug-likeness (QED) is 0.219. The van der Waals surface area contributed by atoms with E-state index in [-0.39, 0.29) is 39.2 Å². The molecule has 37 heavy (non-hydrogen) atoms. The average Bonchev–Trinajstić information content (AvgIpc) is 3.13.